The Morgan fingerprint density at radius 3 is 2.50 bits per heavy atom. The van der Waals surface area contributed by atoms with E-state index in [9.17, 15) is 4.39 Å². The van der Waals surface area contributed by atoms with Gasteiger partial charge in [-0.15, -0.1) is 0 Å². The van der Waals surface area contributed by atoms with Crippen molar-refractivity contribution in [1.82, 2.24) is 0 Å². The van der Waals surface area contributed by atoms with Crippen molar-refractivity contribution in [2.24, 2.45) is 5.73 Å². The molecule has 0 bridgehead atoms. The molecule has 1 fully saturated rings. The third-order valence-corrected chi connectivity index (χ3v) is 3.41. The molecule has 0 radical (unpaired) electrons. The van der Waals surface area contributed by atoms with Crippen LogP contribution < -0.4 is 15.2 Å². The number of benzene rings is 1. The highest BCUT2D eigenvalue weighted by Gasteiger charge is 2.46. The van der Waals surface area contributed by atoms with E-state index in [0.29, 0.717) is 18.0 Å². The fourth-order valence-corrected chi connectivity index (χ4v) is 2.21. The van der Waals surface area contributed by atoms with Crippen molar-refractivity contribution in [3.63, 3.8) is 0 Å². The molecule has 2 N–H and O–H groups in total. The Kier molecular flexibility index (Phi) is 3.48. The molecule has 0 aromatic heterocycles. The van der Waals surface area contributed by atoms with Crippen molar-refractivity contribution < 1.29 is 13.9 Å². The molecule has 1 aliphatic carbocycles. The molecule has 1 aliphatic rings. The Morgan fingerprint density at radius 2 is 2.06 bits per heavy atom. The summed E-state index contributed by atoms with van der Waals surface area (Å²) >= 11 is 0. The van der Waals surface area contributed by atoms with Gasteiger partial charge >= 0.3 is 0 Å². The number of nitrogens with two attached hydrogens (primary N) is 1. The number of rotatable bonds is 5. The summed E-state index contributed by atoms with van der Waals surface area (Å²) in [6, 6.07) is 2.88. The minimum absolute atomic E-state index is 0.0108. The van der Waals surface area contributed by atoms with Crippen molar-refractivity contribution in [3.8, 4) is 11.5 Å². The van der Waals surface area contributed by atoms with Gasteiger partial charge in [0.05, 0.1) is 13.2 Å². The number of hydrogen-bond donors (Lipinski definition) is 1. The average molecular weight is 253 g/mol. The molecule has 1 saturated carbocycles. The second-order valence-corrected chi connectivity index (χ2v) is 5.14. The topological polar surface area (TPSA) is 44.5 Å². The van der Waals surface area contributed by atoms with Crippen LogP contribution in [0.5, 0.6) is 11.5 Å². The first-order chi connectivity index (χ1) is 8.52. The van der Waals surface area contributed by atoms with Gasteiger partial charge in [-0.3, -0.25) is 0 Å². The van der Waals surface area contributed by atoms with E-state index < -0.39 is 0 Å². The van der Waals surface area contributed by atoms with E-state index >= 15 is 0 Å². The van der Waals surface area contributed by atoms with Gasteiger partial charge in [-0.05, 0) is 32.8 Å². The molecule has 2 rings (SSSR count). The van der Waals surface area contributed by atoms with Gasteiger partial charge < -0.3 is 15.2 Å². The van der Waals surface area contributed by atoms with Crippen LogP contribution in [0.1, 0.15) is 32.3 Å². The summed E-state index contributed by atoms with van der Waals surface area (Å²) in [7, 11) is 1.52. The molecule has 3 nitrogen and oxygen atoms in total. The Hall–Kier alpha value is -1.29. The lowest BCUT2D eigenvalue weighted by Gasteiger charge is -2.22. The van der Waals surface area contributed by atoms with Gasteiger partial charge in [-0.25, -0.2) is 4.39 Å². The van der Waals surface area contributed by atoms with Crippen LogP contribution in [0.4, 0.5) is 4.39 Å². The molecule has 0 atom stereocenters. The number of hydrogen-bond acceptors (Lipinski definition) is 3. The highest BCUT2D eigenvalue weighted by Crippen LogP contribution is 2.53. The summed E-state index contributed by atoms with van der Waals surface area (Å²) in [6.07, 6.45) is 1.96. The number of ether oxygens (including phenoxy) is 2. The summed E-state index contributed by atoms with van der Waals surface area (Å²) in [4.78, 5) is 0. The van der Waals surface area contributed by atoms with E-state index in [1.165, 1.54) is 19.2 Å². The highest BCUT2D eigenvalue weighted by atomic mass is 19.1. The molecule has 1 aromatic rings. The number of halogens is 1. The first kappa shape index (κ1) is 13.1. The minimum atomic E-state index is -0.308. The van der Waals surface area contributed by atoms with Gasteiger partial charge in [0.2, 0.25) is 0 Å². The molecular weight excluding hydrogens is 233 g/mol. The van der Waals surface area contributed by atoms with E-state index in [4.69, 9.17) is 15.2 Å². The van der Waals surface area contributed by atoms with Gasteiger partial charge in [-0.2, -0.15) is 0 Å². The summed E-state index contributed by atoms with van der Waals surface area (Å²) in [5.41, 5.74) is 6.54. The van der Waals surface area contributed by atoms with Crippen molar-refractivity contribution in [2.75, 3.05) is 13.7 Å². The van der Waals surface area contributed by atoms with Crippen molar-refractivity contribution in [1.29, 1.82) is 0 Å². The quantitative estimate of drug-likeness (QED) is 0.877. The Balaban J connectivity index is 2.51. The Labute approximate surface area is 107 Å². The molecule has 1 aromatic carbocycles. The fourth-order valence-electron chi connectivity index (χ4n) is 2.21. The Morgan fingerprint density at radius 1 is 1.39 bits per heavy atom. The van der Waals surface area contributed by atoms with Gasteiger partial charge in [0, 0.05) is 23.6 Å². The molecule has 18 heavy (non-hydrogen) atoms. The third kappa shape index (κ3) is 2.29. The monoisotopic (exact) mass is 253 g/mol. The maximum Gasteiger partial charge on any atom is 0.165 e. The van der Waals surface area contributed by atoms with E-state index in [-0.39, 0.29) is 17.3 Å². The van der Waals surface area contributed by atoms with Gasteiger partial charge in [0.15, 0.2) is 11.5 Å². The SMILES string of the molecule is COc1cc(F)cc(C2(CN)CC2)c1OC(C)C. The first-order valence-corrected chi connectivity index (χ1v) is 6.27. The molecule has 0 aliphatic heterocycles. The molecule has 0 unspecified atom stereocenters. The zero-order valence-corrected chi connectivity index (χ0v) is 11.1. The van der Waals surface area contributed by atoms with Crippen LogP contribution in [-0.2, 0) is 5.41 Å². The smallest absolute Gasteiger partial charge is 0.165 e. The van der Waals surface area contributed by atoms with Crippen molar-refractivity contribution in [2.45, 2.75) is 38.2 Å². The first-order valence-electron chi connectivity index (χ1n) is 6.27. The normalized spacial score (nSPS) is 16.8. The van der Waals surface area contributed by atoms with Crippen LogP contribution in [0.3, 0.4) is 0 Å². The van der Waals surface area contributed by atoms with Crippen LogP contribution in [0.25, 0.3) is 0 Å². The van der Waals surface area contributed by atoms with E-state index in [1.807, 2.05) is 13.8 Å². The zero-order valence-electron chi connectivity index (χ0n) is 11.1. The van der Waals surface area contributed by atoms with Gasteiger partial charge in [0.25, 0.3) is 0 Å². The summed E-state index contributed by atoms with van der Waals surface area (Å²) in [6.45, 7) is 4.39. The molecule has 0 saturated heterocycles. The third-order valence-electron chi connectivity index (χ3n) is 3.41. The second-order valence-electron chi connectivity index (χ2n) is 5.14. The number of methoxy groups -OCH3 is 1. The fraction of sp³-hybridized carbons (Fsp3) is 0.571. The predicted octanol–water partition coefficient (Wildman–Crippen LogP) is 2.61. The maximum atomic E-state index is 13.7. The van der Waals surface area contributed by atoms with E-state index in [1.54, 1.807) is 0 Å². The van der Waals surface area contributed by atoms with Crippen molar-refractivity contribution >= 4 is 0 Å². The lowest BCUT2D eigenvalue weighted by Crippen LogP contribution is -2.22. The molecule has 0 amide bonds. The van der Waals surface area contributed by atoms with Crippen LogP contribution in [-0.4, -0.2) is 19.8 Å². The van der Waals surface area contributed by atoms with Crippen LogP contribution >= 0.6 is 0 Å². The van der Waals surface area contributed by atoms with Crippen molar-refractivity contribution in [3.05, 3.63) is 23.5 Å². The zero-order chi connectivity index (χ0) is 13.3. The summed E-state index contributed by atoms with van der Waals surface area (Å²) < 4.78 is 24.7. The molecule has 100 valence electrons. The lowest BCUT2D eigenvalue weighted by atomic mass is 9.94. The Bertz CT molecular complexity index is 442. The van der Waals surface area contributed by atoms with Crippen LogP contribution in [0, 0.1) is 5.82 Å². The van der Waals surface area contributed by atoms with E-state index in [0.717, 1.165) is 18.4 Å². The van der Waals surface area contributed by atoms with Crippen LogP contribution in [0.15, 0.2) is 12.1 Å². The minimum Gasteiger partial charge on any atom is -0.493 e. The standard InChI is InChI=1S/C14H20FNO2/c1-9(2)18-13-11(14(8-16)4-5-14)6-10(15)7-12(13)17-3/h6-7,9H,4-5,8,16H2,1-3H3. The summed E-state index contributed by atoms with van der Waals surface area (Å²) in [5.74, 6) is 0.771. The lowest BCUT2D eigenvalue weighted by molar-refractivity contribution is 0.225. The van der Waals surface area contributed by atoms with Gasteiger partial charge in [0.1, 0.15) is 5.82 Å². The maximum absolute atomic E-state index is 13.7. The van der Waals surface area contributed by atoms with Gasteiger partial charge in [-0.1, -0.05) is 0 Å². The highest BCUT2D eigenvalue weighted by molar-refractivity contribution is 5.53. The summed E-state index contributed by atoms with van der Waals surface area (Å²) in [5, 5.41) is 0. The largest absolute Gasteiger partial charge is 0.493 e. The molecular formula is C14H20FNO2. The second kappa shape index (κ2) is 4.76. The average Bonchev–Trinajstić information content (AvgIpc) is 3.11. The molecule has 0 spiro atoms. The molecule has 0 heterocycles. The van der Waals surface area contributed by atoms with E-state index in [2.05, 4.69) is 0 Å². The molecule has 4 heteroatoms. The van der Waals surface area contributed by atoms with Crippen LogP contribution in [0.2, 0.25) is 0 Å². The predicted molar refractivity (Wildman–Crippen MR) is 68.7 cm³/mol.